The third-order valence-corrected chi connectivity index (χ3v) is 3.35. The van der Waals surface area contributed by atoms with Crippen molar-refractivity contribution in [2.24, 2.45) is 0 Å². The normalized spacial score (nSPS) is 16.4. The summed E-state index contributed by atoms with van der Waals surface area (Å²) in [6.45, 7) is 7.57. The molecule has 2 rings (SSSR count). The zero-order valence-corrected chi connectivity index (χ0v) is 11.8. The van der Waals surface area contributed by atoms with E-state index in [-0.39, 0.29) is 5.91 Å². The summed E-state index contributed by atoms with van der Waals surface area (Å²) in [5.41, 5.74) is 2.54. The molecule has 1 heterocycles. The Kier molecular flexibility index (Phi) is 4.80. The molecule has 1 saturated heterocycles. The summed E-state index contributed by atoms with van der Waals surface area (Å²) in [5, 5.41) is 6.37. The van der Waals surface area contributed by atoms with E-state index in [0.717, 1.165) is 26.2 Å². The zero-order valence-electron chi connectivity index (χ0n) is 11.8. The Hall–Kier alpha value is -1.55. The van der Waals surface area contributed by atoms with Gasteiger partial charge in [0.1, 0.15) is 0 Å². The molecule has 2 N–H and O–H groups in total. The van der Waals surface area contributed by atoms with Gasteiger partial charge in [-0.05, 0) is 11.6 Å². The molecule has 19 heavy (non-hydrogen) atoms. The van der Waals surface area contributed by atoms with Gasteiger partial charge in [-0.15, -0.1) is 0 Å². The second-order valence-corrected chi connectivity index (χ2v) is 5.25. The van der Waals surface area contributed by atoms with Crippen LogP contribution in [0.2, 0.25) is 0 Å². The predicted molar refractivity (Wildman–Crippen MR) is 78.3 cm³/mol. The SMILES string of the molecule is CC(C)NCc1ccccc1N1CCNC(=O)CC1. The van der Waals surface area contributed by atoms with E-state index < -0.39 is 0 Å². The maximum Gasteiger partial charge on any atom is 0.221 e. The van der Waals surface area contributed by atoms with Gasteiger partial charge in [0, 0.05) is 44.3 Å². The van der Waals surface area contributed by atoms with Crippen molar-refractivity contribution in [3.05, 3.63) is 29.8 Å². The highest BCUT2D eigenvalue weighted by molar-refractivity contribution is 5.77. The molecular weight excluding hydrogens is 238 g/mol. The van der Waals surface area contributed by atoms with Crippen molar-refractivity contribution in [3.63, 3.8) is 0 Å². The Morgan fingerprint density at radius 2 is 2.11 bits per heavy atom. The van der Waals surface area contributed by atoms with Crippen molar-refractivity contribution in [3.8, 4) is 0 Å². The Bertz CT molecular complexity index is 431. The molecule has 0 spiro atoms. The number of hydrogen-bond acceptors (Lipinski definition) is 3. The average Bonchev–Trinajstić information content (AvgIpc) is 2.61. The van der Waals surface area contributed by atoms with Gasteiger partial charge >= 0.3 is 0 Å². The number of para-hydroxylation sites is 1. The first-order valence-corrected chi connectivity index (χ1v) is 7.00. The van der Waals surface area contributed by atoms with Crippen LogP contribution >= 0.6 is 0 Å². The van der Waals surface area contributed by atoms with Gasteiger partial charge in [0.05, 0.1) is 0 Å². The van der Waals surface area contributed by atoms with Crippen LogP contribution in [-0.2, 0) is 11.3 Å². The van der Waals surface area contributed by atoms with Crippen LogP contribution < -0.4 is 15.5 Å². The smallest absolute Gasteiger partial charge is 0.221 e. The molecule has 1 amide bonds. The van der Waals surface area contributed by atoms with E-state index in [1.165, 1.54) is 11.3 Å². The van der Waals surface area contributed by atoms with E-state index in [4.69, 9.17) is 0 Å². The first kappa shape index (κ1) is 13.9. The lowest BCUT2D eigenvalue weighted by Crippen LogP contribution is -2.30. The zero-order chi connectivity index (χ0) is 13.7. The van der Waals surface area contributed by atoms with Crippen LogP contribution in [-0.4, -0.2) is 31.6 Å². The third kappa shape index (κ3) is 3.96. The van der Waals surface area contributed by atoms with Crippen LogP contribution in [0.1, 0.15) is 25.8 Å². The molecule has 104 valence electrons. The Morgan fingerprint density at radius 1 is 1.32 bits per heavy atom. The van der Waals surface area contributed by atoms with E-state index in [9.17, 15) is 4.79 Å². The molecule has 1 aromatic carbocycles. The summed E-state index contributed by atoms with van der Waals surface area (Å²) < 4.78 is 0. The van der Waals surface area contributed by atoms with Gasteiger partial charge in [-0.25, -0.2) is 0 Å². The Morgan fingerprint density at radius 3 is 2.89 bits per heavy atom. The molecule has 0 radical (unpaired) electrons. The molecule has 0 saturated carbocycles. The lowest BCUT2D eigenvalue weighted by atomic mass is 10.1. The second-order valence-electron chi connectivity index (χ2n) is 5.25. The van der Waals surface area contributed by atoms with Gasteiger partial charge in [-0.2, -0.15) is 0 Å². The summed E-state index contributed by atoms with van der Waals surface area (Å²) in [6.07, 6.45) is 0.575. The molecule has 4 nitrogen and oxygen atoms in total. The topological polar surface area (TPSA) is 44.4 Å². The number of benzene rings is 1. The number of carbonyl (C=O) groups is 1. The number of anilines is 1. The third-order valence-electron chi connectivity index (χ3n) is 3.35. The van der Waals surface area contributed by atoms with Crippen molar-refractivity contribution < 1.29 is 4.79 Å². The number of rotatable bonds is 4. The van der Waals surface area contributed by atoms with Crippen LogP contribution in [0.5, 0.6) is 0 Å². The van der Waals surface area contributed by atoms with Gasteiger partial charge in [0.2, 0.25) is 5.91 Å². The van der Waals surface area contributed by atoms with Gasteiger partial charge < -0.3 is 15.5 Å². The maximum absolute atomic E-state index is 11.4. The number of nitrogens with zero attached hydrogens (tertiary/aromatic N) is 1. The Balaban J connectivity index is 2.11. The summed E-state index contributed by atoms with van der Waals surface area (Å²) in [7, 11) is 0. The van der Waals surface area contributed by atoms with E-state index in [2.05, 4.69) is 53.6 Å². The minimum atomic E-state index is 0.153. The van der Waals surface area contributed by atoms with E-state index in [1.807, 2.05) is 0 Å². The highest BCUT2D eigenvalue weighted by atomic mass is 16.1. The van der Waals surface area contributed by atoms with Crippen LogP contribution in [0.25, 0.3) is 0 Å². The number of amides is 1. The summed E-state index contributed by atoms with van der Waals surface area (Å²) in [5.74, 6) is 0.153. The molecule has 0 atom stereocenters. The number of hydrogen-bond donors (Lipinski definition) is 2. The van der Waals surface area contributed by atoms with Crippen LogP contribution in [0.3, 0.4) is 0 Å². The average molecular weight is 261 g/mol. The highest BCUT2D eigenvalue weighted by Crippen LogP contribution is 2.21. The maximum atomic E-state index is 11.4. The minimum Gasteiger partial charge on any atom is -0.369 e. The molecule has 1 aliphatic heterocycles. The first-order valence-electron chi connectivity index (χ1n) is 7.00. The first-order chi connectivity index (χ1) is 9.16. The van der Waals surface area contributed by atoms with E-state index in [0.29, 0.717) is 12.5 Å². The standard InChI is InChI=1S/C15H23N3O/c1-12(2)17-11-13-5-3-4-6-14(13)18-9-7-15(19)16-8-10-18/h3-6,12,17H,7-11H2,1-2H3,(H,16,19). The fourth-order valence-electron chi connectivity index (χ4n) is 2.29. The van der Waals surface area contributed by atoms with Gasteiger partial charge in [-0.3, -0.25) is 4.79 Å². The van der Waals surface area contributed by atoms with Crippen LogP contribution in [0, 0.1) is 0 Å². The monoisotopic (exact) mass is 261 g/mol. The van der Waals surface area contributed by atoms with Crippen molar-refractivity contribution >= 4 is 11.6 Å². The summed E-state index contributed by atoms with van der Waals surface area (Å²) >= 11 is 0. The largest absolute Gasteiger partial charge is 0.369 e. The quantitative estimate of drug-likeness (QED) is 0.863. The summed E-state index contributed by atoms with van der Waals surface area (Å²) in [6, 6.07) is 8.91. The van der Waals surface area contributed by atoms with Crippen LogP contribution in [0.4, 0.5) is 5.69 Å². The lowest BCUT2D eigenvalue weighted by Gasteiger charge is -2.25. The molecule has 0 aliphatic carbocycles. The lowest BCUT2D eigenvalue weighted by molar-refractivity contribution is -0.120. The molecule has 1 aromatic rings. The van der Waals surface area contributed by atoms with Gasteiger partial charge in [0.15, 0.2) is 0 Å². The van der Waals surface area contributed by atoms with E-state index in [1.54, 1.807) is 0 Å². The molecule has 0 aromatic heterocycles. The fraction of sp³-hybridized carbons (Fsp3) is 0.533. The fourth-order valence-corrected chi connectivity index (χ4v) is 2.29. The van der Waals surface area contributed by atoms with E-state index >= 15 is 0 Å². The molecule has 0 unspecified atom stereocenters. The number of nitrogens with one attached hydrogen (secondary N) is 2. The van der Waals surface area contributed by atoms with Crippen molar-refractivity contribution in [1.82, 2.24) is 10.6 Å². The molecule has 4 heteroatoms. The highest BCUT2D eigenvalue weighted by Gasteiger charge is 2.15. The Labute approximate surface area is 115 Å². The van der Waals surface area contributed by atoms with Crippen molar-refractivity contribution in [2.75, 3.05) is 24.5 Å². The number of carbonyl (C=O) groups excluding carboxylic acids is 1. The van der Waals surface area contributed by atoms with Gasteiger partial charge in [-0.1, -0.05) is 32.0 Å². The predicted octanol–water partition coefficient (Wildman–Crippen LogP) is 1.51. The molecular formula is C15H23N3O. The molecule has 1 aliphatic rings. The van der Waals surface area contributed by atoms with Crippen molar-refractivity contribution in [1.29, 1.82) is 0 Å². The van der Waals surface area contributed by atoms with Gasteiger partial charge in [0.25, 0.3) is 0 Å². The minimum absolute atomic E-state index is 0.153. The van der Waals surface area contributed by atoms with Crippen molar-refractivity contribution in [2.45, 2.75) is 32.9 Å². The summed E-state index contributed by atoms with van der Waals surface area (Å²) in [4.78, 5) is 13.7. The molecule has 0 bridgehead atoms. The van der Waals surface area contributed by atoms with Crippen LogP contribution in [0.15, 0.2) is 24.3 Å². The second kappa shape index (κ2) is 6.57. The molecule has 1 fully saturated rings.